The van der Waals surface area contributed by atoms with Gasteiger partial charge in [-0.25, -0.2) is 4.39 Å². The Kier molecular flexibility index (Phi) is 2.81. The van der Waals surface area contributed by atoms with Crippen molar-refractivity contribution in [1.29, 1.82) is 5.26 Å². The van der Waals surface area contributed by atoms with E-state index in [1.807, 2.05) is 22.6 Å². The summed E-state index contributed by atoms with van der Waals surface area (Å²) in [5.74, 6) is -0.822. The van der Waals surface area contributed by atoms with Crippen LogP contribution in [-0.4, -0.2) is 4.57 Å². The van der Waals surface area contributed by atoms with Gasteiger partial charge in [-0.1, -0.05) is 0 Å². The average Bonchev–Trinajstić information content (AvgIpc) is 2.00. The quantitative estimate of drug-likeness (QED) is 0.722. The van der Waals surface area contributed by atoms with E-state index in [1.165, 1.54) is 6.20 Å². The monoisotopic (exact) mass is 278 g/mol. The highest BCUT2D eigenvalue weighted by Gasteiger charge is 2.03. The lowest BCUT2D eigenvalue weighted by atomic mass is 10.4. The van der Waals surface area contributed by atoms with Crippen LogP contribution in [0.2, 0.25) is 0 Å². The number of rotatable bonds is 1. The highest BCUT2D eigenvalue weighted by molar-refractivity contribution is 14.1. The molecule has 0 aliphatic rings. The van der Waals surface area contributed by atoms with Gasteiger partial charge in [0.25, 0.3) is 5.56 Å². The largest absolute Gasteiger partial charge is 0.298 e. The number of aromatic nitrogens is 1. The molecule has 0 amide bonds. The third kappa shape index (κ3) is 1.82. The molecule has 0 radical (unpaired) electrons. The minimum Gasteiger partial charge on any atom is -0.298 e. The summed E-state index contributed by atoms with van der Waals surface area (Å²) in [5, 5.41) is 8.29. The van der Waals surface area contributed by atoms with Gasteiger partial charge in [-0.05, 0) is 28.7 Å². The van der Waals surface area contributed by atoms with Crippen LogP contribution in [0.5, 0.6) is 0 Å². The molecule has 0 spiro atoms. The topological polar surface area (TPSA) is 45.8 Å². The second-order valence-corrected chi connectivity index (χ2v) is 3.34. The van der Waals surface area contributed by atoms with Crippen molar-refractivity contribution in [2.24, 2.45) is 0 Å². The average molecular weight is 278 g/mol. The van der Waals surface area contributed by atoms with Crippen LogP contribution >= 0.6 is 22.6 Å². The van der Waals surface area contributed by atoms with Crippen molar-refractivity contribution < 1.29 is 4.39 Å². The lowest BCUT2D eigenvalue weighted by molar-refractivity contribution is 0.582. The molecule has 0 aromatic carbocycles. The van der Waals surface area contributed by atoms with Gasteiger partial charge in [0, 0.05) is 9.77 Å². The highest BCUT2D eigenvalue weighted by atomic mass is 127. The Bertz CT molecular complexity index is 393. The zero-order valence-corrected chi connectivity index (χ0v) is 8.08. The van der Waals surface area contributed by atoms with Gasteiger partial charge in [0.05, 0.1) is 6.07 Å². The van der Waals surface area contributed by atoms with Crippen LogP contribution in [0.3, 0.4) is 0 Å². The van der Waals surface area contributed by atoms with Crippen molar-refractivity contribution in [2.75, 3.05) is 0 Å². The number of hydrogen-bond donors (Lipinski definition) is 0. The van der Waals surface area contributed by atoms with E-state index in [0.717, 1.165) is 10.6 Å². The van der Waals surface area contributed by atoms with E-state index < -0.39 is 11.4 Å². The normalized spacial score (nSPS) is 9.42. The minimum absolute atomic E-state index is 0.118. The van der Waals surface area contributed by atoms with Crippen LogP contribution < -0.4 is 5.56 Å². The van der Waals surface area contributed by atoms with E-state index in [0.29, 0.717) is 3.57 Å². The number of halogens is 2. The molecule has 5 heteroatoms. The molecule has 0 bridgehead atoms. The molecule has 12 heavy (non-hydrogen) atoms. The number of nitrogens with zero attached hydrogens (tertiary/aromatic N) is 2. The zero-order chi connectivity index (χ0) is 9.14. The molecule has 0 unspecified atom stereocenters. The first kappa shape index (κ1) is 9.19. The molecule has 1 aromatic rings. The van der Waals surface area contributed by atoms with Gasteiger partial charge in [-0.3, -0.25) is 9.36 Å². The van der Waals surface area contributed by atoms with Crippen molar-refractivity contribution in [3.05, 3.63) is 32.0 Å². The Labute approximate surface area is 81.6 Å². The molecule has 1 rings (SSSR count). The Hall–Kier alpha value is -0.900. The maximum absolute atomic E-state index is 12.7. The predicted molar refractivity (Wildman–Crippen MR) is 49.0 cm³/mol. The first-order chi connectivity index (χ1) is 5.65. The molecule has 3 nitrogen and oxygen atoms in total. The first-order valence-electron chi connectivity index (χ1n) is 3.07. The summed E-state index contributed by atoms with van der Waals surface area (Å²) in [4.78, 5) is 10.9. The fraction of sp³-hybridized carbons (Fsp3) is 0.143. The Morgan fingerprint density at radius 3 is 3.00 bits per heavy atom. The molecule has 1 aromatic heterocycles. The fourth-order valence-corrected chi connectivity index (χ4v) is 1.37. The minimum atomic E-state index is -0.822. The van der Waals surface area contributed by atoms with Crippen molar-refractivity contribution in [2.45, 2.75) is 6.54 Å². The van der Waals surface area contributed by atoms with Crippen molar-refractivity contribution in [3.63, 3.8) is 0 Å². The molecular formula is C7H4FIN2O. The molecule has 1 heterocycles. The van der Waals surface area contributed by atoms with Crippen LogP contribution in [0.15, 0.2) is 17.1 Å². The molecule has 0 atom stereocenters. The third-order valence-electron chi connectivity index (χ3n) is 1.25. The Balaban J connectivity index is 3.30. The summed E-state index contributed by atoms with van der Waals surface area (Å²) in [6, 6.07) is 2.91. The van der Waals surface area contributed by atoms with E-state index in [4.69, 9.17) is 5.26 Å². The van der Waals surface area contributed by atoms with Crippen molar-refractivity contribution in [3.8, 4) is 6.07 Å². The second kappa shape index (κ2) is 3.67. The molecule has 0 aliphatic heterocycles. The first-order valence-corrected chi connectivity index (χ1v) is 4.15. The summed E-state index contributed by atoms with van der Waals surface area (Å²) >= 11 is 1.88. The van der Waals surface area contributed by atoms with Crippen LogP contribution in [0.1, 0.15) is 0 Å². The van der Waals surface area contributed by atoms with E-state index in [-0.39, 0.29) is 6.54 Å². The number of hydrogen-bond acceptors (Lipinski definition) is 2. The van der Waals surface area contributed by atoms with E-state index in [1.54, 1.807) is 6.07 Å². The smallest absolute Gasteiger partial charge is 0.287 e. The number of nitriles is 1. The molecule has 0 saturated heterocycles. The van der Waals surface area contributed by atoms with Gasteiger partial charge < -0.3 is 0 Å². The van der Waals surface area contributed by atoms with Gasteiger partial charge in [0.1, 0.15) is 6.54 Å². The molecule has 0 aliphatic carbocycles. The Morgan fingerprint density at radius 1 is 1.75 bits per heavy atom. The summed E-state index contributed by atoms with van der Waals surface area (Å²) in [6.07, 6.45) is 1.44. The summed E-state index contributed by atoms with van der Waals surface area (Å²) in [6.45, 7) is -0.118. The van der Waals surface area contributed by atoms with E-state index >= 15 is 0 Å². The highest BCUT2D eigenvalue weighted by Crippen LogP contribution is 2.02. The zero-order valence-electron chi connectivity index (χ0n) is 5.92. The van der Waals surface area contributed by atoms with Gasteiger partial charge in [0.15, 0.2) is 5.82 Å². The van der Waals surface area contributed by atoms with Crippen LogP contribution in [0.4, 0.5) is 4.39 Å². The van der Waals surface area contributed by atoms with Crippen LogP contribution in [0, 0.1) is 20.7 Å². The maximum Gasteiger partial charge on any atom is 0.287 e. The molecule has 0 saturated carbocycles. The molecule has 0 N–H and O–H groups in total. The summed E-state index contributed by atoms with van der Waals surface area (Å²) in [7, 11) is 0. The summed E-state index contributed by atoms with van der Waals surface area (Å²) < 4.78 is 14.4. The Morgan fingerprint density at radius 2 is 2.42 bits per heavy atom. The second-order valence-electron chi connectivity index (χ2n) is 2.10. The lowest BCUT2D eigenvalue weighted by Gasteiger charge is -1.99. The van der Waals surface area contributed by atoms with E-state index in [2.05, 4.69) is 0 Å². The molecule has 0 fully saturated rings. The van der Waals surface area contributed by atoms with Gasteiger partial charge in [0.2, 0.25) is 0 Å². The molecular weight excluding hydrogens is 274 g/mol. The van der Waals surface area contributed by atoms with Crippen molar-refractivity contribution >= 4 is 22.6 Å². The van der Waals surface area contributed by atoms with Crippen LogP contribution in [0.25, 0.3) is 0 Å². The standard InChI is InChI=1S/C7H4FIN2O/c8-6-3-5(9)4-11(2-1-10)7(6)12/h3-4H,2H2. The third-order valence-corrected chi connectivity index (χ3v) is 1.84. The number of pyridine rings is 1. The van der Waals surface area contributed by atoms with Crippen molar-refractivity contribution in [1.82, 2.24) is 4.57 Å². The van der Waals surface area contributed by atoms with E-state index in [9.17, 15) is 9.18 Å². The van der Waals surface area contributed by atoms with Crippen LogP contribution in [-0.2, 0) is 6.54 Å². The lowest BCUT2D eigenvalue weighted by Crippen LogP contribution is -2.22. The van der Waals surface area contributed by atoms with Gasteiger partial charge >= 0.3 is 0 Å². The van der Waals surface area contributed by atoms with Gasteiger partial charge in [-0.15, -0.1) is 0 Å². The SMILES string of the molecule is N#CCn1cc(I)cc(F)c1=O. The predicted octanol–water partition coefficient (Wildman–Crippen LogP) is 1.12. The molecule has 62 valence electrons. The fourth-order valence-electron chi connectivity index (χ4n) is 0.758. The maximum atomic E-state index is 12.7. The summed E-state index contributed by atoms with van der Waals surface area (Å²) in [5.41, 5.74) is -0.753. The van der Waals surface area contributed by atoms with Gasteiger partial charge in [-0.2, -0.15) is 5.26 Å².